The monoisotopic (exact) mass is 283 g/mol. The summed E-state index contributed by atoms with van der Waals surface area (Å²) in [5, 5.41) is 11.3. The van der Waals surface area contributed by atoms with Crippen molar-refractivity contribution in [3.63, 3.8) is 0 Å². The molecule has 9 heteroatoms. The predicted octanol–water partition coefficient (Wildman–Crippen LogP) is -0.404. The Bertz CT molecular complexity index is 297. The Balaban J connectivity index is 3.59. The van der Waals surface area contributed by atoms with Crippen molar-refractivity contribution in [3.05, 3.63) is 0 Å². The number of carbonyl (C=O) groups excluding carboxylic acids is 2. The first-order chi connectivity index (χ1) is 8.45. The highest BCUT2D eigenvalue weighted by atomic mass is 32.2. The van der Waals surface area contributed by atoms with Crippen LogP contribution in [0.4, 0.5) is 4.79 Å². The molecule has 0 spiro atoms. The summed E-state index contributed by atoms with van der Waals surface area (Å²) in [6, 6.07) is 0. The van der Waals surface area contributed by atoms with Crippen LogP contribution >= 0.6 is 0 Å². The van der Waals surface area contributed by atoms with Crippen molar-refractivity contribution in [1.82, 2.24) is 5.32 Å². The smallest absolute Gasteiger partial charge is 0.410 e. The third-order valence-electron chi connectivity index (χ3n) is 1.68. The van der Waals surface area contributed by atoms with Gasteiger partial charge >= 0.3 is 12.1 Å². The van der Waals surface area contributed by atoms with E-state index in [2.05, 4.69) is 14.8 Å². The molecule has 0 aromatic heterocycles. The normalized spacial score (nSPS) is 13.5. The Morgan fingerprint density at radius 3 is 2.61 bits per heavy atom. The fraction of sp³-hybridized carbons (Fsp3) is 0.778. The molecule has 0 saturated heterocycles. The molecule has 0 heterocycles. The Labute approximate surface area is 107 Å². The van der Waals surface area contributed by atoms with E-state index in [0.29, 0.717) is 6.42 Å². The second kappa shape index (κ2) is 9.80. The summed E-state index contributed by atoms with van der Waals surface area (Å²) in [5.41, 5.74) is 0. The van der Waals surface area contributed by atoms with E-state index in [1.165, 1.54) is 0 Å². The van der Waals surface area contributed by atoms with Crippen molar-refractivity contribution in [2.75, 3.05) is 19.1 Å². The van der Waals surface area contributed by atoms with E-state index in [4.69, 9.17) is 9.66 Å². The number of hydrogen-bond acceptors (Lipinski definition) is 6. The summed E-state index contributed by atoms with van der Waals surface area (Å²) in [7, 11) is 0. The van der Waals surface area contributed by atoms with E-state index in [1.54, 1.807) is 6.92 Å². The van der Waals surface area contributed by atoms with Gasteiger partial charge in [-0.3, -0.25) is 4.79 Å². The number of aliphatic hydroxyl groups excluding tert-OH is 1. The Kier molecular flexibility index (Phi) is 9.15. The maximum atomic E-state index is 11.0. The van der Waals surface area contributed by atoms with E-state index in [0.717, 1.165) is 0 Å². The lowest BCUT2D eigenvalue weighted by Gasteiger charge is -2.10. The van der Waals surface area contributed by atoms with Gasteiger partial charge in [0.25, 0.3) is 0 Å². The summed E-state index contributed by atoms with van der Waals surface area (Å²) in [4.78, 5) is 21.9. The summed E-state index contributed by atoms with van der Waals surface area (Å²) in [5.74, 6) is -0.841. The molecule has 1 amide bonds. The van der Waals surface area contributed by atoms with Crippen molar-refractivity contribution in [3.8, 4) is 0 Å². The zero-order valence-corrected chi connectivity index (χ0v) is 10.8. The highest BCUT2D eigenvalue weighted by Gasteiger charge is 2.10. The highest BCUT2D eigenvalue weighted by Crippen LogP contribution is 1.92. The molecule has 0 aliphatic rings. The maximum absolute atomic E-state index is 11.0. The maximum Gasteiger partial charge on any atom is 0.410 e. The zero-order chi connectivity index (χ0) is 14.0. The van der Waals surface area contributed by atoms with E-state index >= 15 is 0 Å². The van der Waals surface area contributed by atoms with Crippen LogP contribution in [0.3, 0.4) is 0 Å². The van der Waals surface area contributed by atoms with Crippen LogP contribution in [-0.2, 0) is 25.3 Å². The molecule has 0 radical (unpaired) electrons. The Morgan fingerprint density at radius 2 is 2.06 bits per heavy atom. The fourth-order valence-corrected chi connectivity index (χ4v) is 1.35. The first kappa shape index (κ1) is 16.8. The first-order valence-electron chi connectivity index (χ1n) is 5.27. The van der Waals surface area contributed by atoms with Crippen LogP contribution in [0.15, 0.2) is 0 Å². The molecule has 0 aromatic rings. The average Bonchev–Trinajstić information content (AvgIpc) is 2.26. The lowest BCUT2D eigenvalue weighted by molar-refractivity contribution is -0.151. The molecule has 0 rings (SSSR count). The lowest BCUT2D eigenvalue weighted by Crippen LogP contribution is -2.35. The quantitative estimate of drug-likeness (QED) is 0.314. The average molecular weight is 283 g/mol. The highest BCUT2D eigenvalue weighted by molar-refractivity contribution is 7.79. The van der Waals surface area contributed by atoms with Crippen molar-refractivity contribution in [2.45, 2.75) is 25.9 Å². The number of alkyl carbamates (subject to hydrolysis) is 1. The second-order valence-electron chi connectivity index (χ2n) is 3.34. The van der Waals surface area contributed by atoms with Crippen LogP contribution < -0.4 is 5.32 Å². The molecule has 2 atom stereocenters. The minimum absolute atomic E-state index is 0.228. The number of nitrogens with one attached hydrogen (secondary N) is 1. The van der Waals surface area contributed by atoms with Gasteiger partial charge in [0.2, 0.25) is 6.79 Å². The molecular weight excluding hydrogens is 266 g/mol. The standard InChI is InChI=1S/C9H17NO7S/c1-2-3-8(12)16-6-17-9(13)10-4-7(11)5-18(14)15/h7,11H,2-6H2,1H3,(H,10,13)(H,14,15)/t7-/m0/s1. The second-order valence-corrected chi connectivity index (χ2v) is 4.32. The minimum Gasteiger partial charge on any atom is -0.428 e. The molecule has 3 N–H and O–H groups in total. The summed E-state index contributed by atoms with van der Waals surface area (Å²) >= 11 is -2.14. The minimum atomic E-state index is -2.14. The van der Waals surface area contributed by atoms with E-state index in [1.807, 2.05) is 0 Å². The Hall–Kier alpha value is -1.19. The molecule has 1 unspecified atom stereocenters. The number of aliphatic hydroxyl groups is 1. The first-order valence-corrected chi connectivity index (χ1v) is 6.55. The van der Waals surface area contributed by atoms with Crippen LogP contribution in [0.25, 0.3) is 0 Å². The van der Waals surface area contributed by atoms with Gasteiger partial charge in [-0.2, -0.15) is 0 Å². The topological polar surface area (TPSA) is 122 Å². The van der Waals surface area contributed by atoms with E-state index in [9.17, 15) is 13.8 Å². The molecule has 0 aliphatic carbocycles. The number of rotatable bonds is 8. The number of esters is 1. The van der Waals surface area contributed by atoms with Gasteiger partial charge in [-0.1, -0.05) is 6.92 Å². The molecule has 0 saturated carbocycles. The van der Waals surface area contributed by atoms with Gasteiger partial charge in [-0.05, 0) is 6.42 Å². The van der Waals surface area contributed by atoms with Gasteiger partial charge in [-0.15, -0.1) is 0 Å². The summed E-state index contributed by atoms with van der Waals surface area (Å²) in [6.45, 7) is 1.07. The van der Waals surface area contributed by atoms with Crippen molar-refractivity contribution in [2.24, 2.45) is 0 Å². The van der Waals surface area contributed by atoms with E-state index < -0.39 is 36.0 Å². The zero-order valence-electron chi connectivity index (χ0n) is 9.96. The van der Waals surface area contributed by atoms with Gasteiger partial charge in [0, 0.05) is 13.0 Å². The lowest BCUT2D eigenvalue weighted by atomic mass is 10.3. The molecule has 106 valence electrons. The summed E-state index contributed by atoms with van der Waals surface area (Å²) < 4.78 is 27.8. The number of hydrogen-bond donors (Lipinski definition) is 3. The molecule has 8 nitrogen and oxygen atoms in total. The Morgan fingerprint density at radius 1 is 1.39 bits per heavy atom. The van der Waals surface area contributed by atoms with Crippen LogP contribution in [-0.4, -0.2) is 51.1 Å². The van der Waals surface area contributed by atoms with Gasteiger partial charge in [0.15, 0.2) is 11.1 Å². The van der Waals surface area contributed by atoms with Crippen molar-refractivity contribution in [1.29, 1.82) is 0 Å². The predicted molar refractivity (Wildman–Crippen MR) is 62.0 cm³/mol. The van der Waals surface area contributed by atoms with Crippen LogP contribution in [0.2, 0.25) is 0 Å². The van der Waals surface area contributed by atoms with Crippen molar-refractivity contribution < 1.29 is 32.9 Å². The SMILES string of the molecule is CCCC(=O)OCOC(=O)NC[C@H](O)CS(=O)O. The van der Waals surface area contributed by atoms with Gasteiger partial charge in [-0.25, -0.2) is 9.00 Å². The third-order valence-corrected chi connectivity index (χ3v) is 2.35. The van der Waals surface area contributed by atoms with Crippen molar-refractivity contribution >= 4 is 23.1 Å². The van der Waals surface area contributed by atoms with E-state index in [-0.39, 0.29) is 18.7 Å². The van der Waals surface area contributed by atoms with Gasteiger partial charge < -0.3 is 24.4 Å². The summed E-state index contributed by atoms with van der Waals surface area (Å²) in [6.07, 6.45) is -1.16. The molecule has 0 aliphatic heterocycles. The molecular formula is C9H17NO7S. The molecule has 0 bridgehead atoms. The van der Waals surface area contributed by atoms with Crippen LogP contribution in [0, 0.1) is 0 Å². The fourth-order valence-electron chi connectivity index (χ4n) is 0.901. The third kappa shape index (κ3) is 10.00. The number of ether oxygens (including phenoxy) is 2. The van der Waals surface area contributed by atoms with Gasteiger partial charge in [0.05, 0.1) is 11.9 Å². The number of amides is 1. The molecule has 0 aromatic carbocycles. The largest absolute Gasteiger partial charge is 0.428 e. The van der Waals surface area contributed by atoms with Crippen LogP contribution in [0.1, 0.15) is 19.8 Å². The van der Waals surface area contributed by atoms with Gasteiger partial charge in [0.1, 0.15) is 0 Å². The van der Waals surface area contributed by atoms with Crippen LogP contribution in [0.5, 0.6) is 0 Å². The number of carbonyl (C=O) groups is 2. The molecule has 18 heavy (non-hydrogen) atoms. The molecule has 0 fully saturated rings.